The number of carbonyl (C=O) groups excluding carboxylic acids is 1. The number of nitrogens with one attached hydrogen (secondary N) is 1. The minimum absolute atomic E-state index is 0.190. The number of rotatable bonds is 0. The monoisotopic (exact) mass is 166 g/mol. The minimum Gasteiger partial charge on any atom is -0.275 e. The molecule has 11 heavy (non-hydrogen) atoms. The van der Waals surface area contributed by atoms with E-state index in [1.165, 1.54) is 6.21 Å². The lowest BCUT2D eigenvalue weighted by Crippen LogP contribution is -2.05. The van der Waals surface area contributed by atoms with Crippen molar-refractivity contribution in [2.45, 2.75) is 0 Å². The summed E-state index contributed by atoms with van der Waals surface area (Å²) in [6.07, 6.45) is 5.05. The second kappa shape index (κ2) is 2.23. The van der Waals surface area contributed by atoms with Crippen molar-refractivity contribution in [3.05, 3.63) is 22.6 Å². The van der Waals surface area contributed by atoms with Gasteiger partial charge in [-0.15, -0.1) is 0 Å². The zero-order valence-electron chi connectivity index (χ0n) is 5.70. The van der Waals surface area contributed by atoms with Gasteiger partial charge in [0.1, 0.15) is 0 Å². The summed E-state index contributed by atoms with van der Waals surface area (Å²) in [5.41, 5.74) is 0.644. The summed E-state index contributed by atoms with van der Waals surface area (Å²) in [6, 6.07) is 0. The van der Waals surface area contributed by atoms with Crippen molar-refractivity contribution in [2.24, 2.45) is 4.99 Å². The lowest BCUT2D eigenvalue weighted by atomic mass is 10.2. The summed E-state index contributed by atoms with van der Waals surface area (Å²) in [5.74, 6) is 0.487. The van der Waals surface area contributed by atoms with Crippen LogP contribution in [0, 0.1) is 4.78 Å². The summed E-state index contributed by atoms with van der Waals surface area (Å²) in [5, 5.41) is 0. The lowest BCUT2D eigenvalue weighted by molar-refractivity contribution is -0.114. The molecule has 0 aromatic carbocycles. The zero-order valence-corrected chi connectivity index (χ0v) is 6.52. The quantitative estimate of drug-likeness (QED) is 0.568. The Morgan fingerprint density at radius 3 is 3.18 bits per heavy atom. The predicted molar refractivity (Wildman–Crippen MR) is 44.6 cm³/mol. The summed E-state index contributed by atoms with van der Waals surface area (Å²) >= 11 is 0. The van der Waals surface area contributed by atoms with Crippen molar-refractivity contribution in [1.82, 2.24) is 0 Å². The average molecular weight is 166 g/mol. The standard InChI is InChI=1S/C7H6N2OS/c8-11-4-2-5-6(11)1-3-9-7(5)10/h1-3,8H,4H2. The Hall–Kier alpha value is -1.03. The molecule has 0 aromatic heterocycles. The second-order valence-electron chi connectivity index (χ2n) is 2.29. The Balaban J connectivity index is 2.54. The third-order valence-electron chi connectivity index (χ3n) is 1.63. The van der Waals surface area contributed by atoms with Crippen molar-refractivity contribution >= 4 is 22.8 Å². The third kappa shape index (κ3) is 0.903. The van der Waals surface area contributed by atoms with Gasteiger partial charge in [0, 0.05) is 16.9 Å². The third-order valence-corrected chi connectivity index (χ3v) is 3.02. The maximum atomic E-state index is 11.0. The van der Waals surface area contributed by atoms with E-state index in [9.17, 15) is 4.79 Å². The summed E-state index contributed by atoms with van der Waals surface area (Å²) in [4.78, 5) is 15.5. The van der Waals surface area contributed by atoms with Crippen molar-refractivity contribution in [3.63, 3.8) is 0 Å². The Bertz CT molecular complexity index is 338. The van der Waals surface area contributed by atoms with Crippen LogP contribution in [0.2, 0.25) is 0 Å². The van der Waals surface area contributed by atoms with Crippen molar-refractivity contribution in [2.75, 3.05) is 5.75 Å². The topological polar surface area (TPSA) is 53.3 Å². The number of allylic oxidation sites excluding steroid dienone is 1. The van der Waals surface area contributed by atoms with Crippen LogP contribution >= 0.6 is 0 Å². The summed E-state index contributed by atoms with van der Waals surface area (Å²) in [6.45, 7) is 0. The summed E-state index contributed by atoms with van der Waals surface area (Å²) < 4.78 is 7.54. The van der Waals surface area contributed by atoms with E-state index in [4.69, 9.17) is 4.78 Å². The lowest BCUT2D eigenvalue weighted by Gasteiger charge is -2.04. The van der Waals surface area contributed by atoms with Gasteiger partial charge < -0.3 is 0 Å². The van der Waals surface area contributed by atoms with Gasteiger partial charge in [0.25, 0.3) is 5.91 Å². The Morgan fingerprint density at radius 1 is 1.64 bits per heavy atom. The molecule has 4 heteroatoms. The van der Waals surface area contributed by atoms with Gasteiger partial charge in [0.05, 0.1) is 5.57 Å². The molecular weight excluding hydrogens is 160 g/mol. The molecule has 0 saturated carbocycles. The molecule has 2 aliphatic heterocycles. The molecule has 2 rings (SSSR count). The predicted octanol–water partition coefficient (Wildman–Crippen LogP) is 0.802. The molecule has 2 heterocycles. The average Bonchev–Trinajstić information content (AvgIpc) is 2.35. The van der Waals surface area contributed by atoms with E-state index in [0.29, 0.717) is 11.3 Å². The SMILES string of the molecule is N=S1CC=C2C(=O)N=CC=C21. The molecule has 0 aromatic rings. The fraction of sp³-hybridized carbons (Fsp3) is 0.143. The number of fused-ring (bicyclic) bond motifs is 1. The molecule has 0 bridgehead atoms. The highest BCUT2D eigenvalue weighted by molar-refractivity contribution is 7.90. The van der Waals surface area contributed by atoms with Gasteiger partial charge in [-0.05, 0) is 6.08 Å². The largest absolute Gasteiger partial charge is 0.277 e. The van der Waals surface area contributed by atoms with Crippen molar-refractivity contribution < 1.29 is 4.79 Å². The zero-order chi connectivity index (χ0) is 7.84. The maximum Gasteiger partial charge on any atom is 0.277 e. The molecule has 0 radical (unpaired) electrons. The van der Waals surface area contributed by atoms with E-state index in [-0.39, 0.29) is 5.91 Å². The van der Waals surface area contributed by atoms with Crippen LogP contribution in [0.25, 0.3) is 0 Å². The smallest absolute Gasteiger partial charge is 0.275 e. The van der Waals surface area contributed by atoms with Crippen LogP contribution in [-0.4, -0.2) is 17.9 Å². The van der Waals surface area contributed by atoms with E-state index in [1.807, 2.05) is 0 Å². The Labute approximate surface area is 66.4 Å². The van der Waals surface area contributed by atoms with Gasteiger partial charge in [-0.1, -0.05) is 16.8 Å². The highest BCUT2D eigenvalue weighted by Gasteiger charge is 2.23. The molecular formula is C7H6N2OS. The molecule has 1 amide bonds. The first kappa shape index (κ1) is 6.67. The number of aliphatic imine (C=N–C) groups is 1. The molecule has 0 saturated heterocycles. The van der Waals surface area contributed by atoms with Gasteiger partial charge in [-0.25, -0.2) is 4.99 Å². The van der Waals surface area contributed by atoms with E-state index in [0.717, 1.165) is 4.91 Å². The van der Waals surface area contributed by atoms with Gasteiger partial charge in [-0.3, -0.25) is 9.57 Å². The highest BCUT2D eigenvalue weighted by atomic mass is 32.2. The second-order valence-corrected chi connectivity index (χ2v) is 3.84. The van der Waals surface area contributed by atoms with Crippen LogP contribution in [0.3, 0.4) is 0 Å². The normalized spacial score (nSPS) is 28.0. The first-order valence-corrected chi connectivity index (χ1v) is 4.60. The van der Waals surface area contributed by atoms with Crippen LogP contribution in [0.4, 0.5) is 0 Å². The number of carbonyl (C=O) groups is 1. The van der Waals surface area contributed by atoms with Gasteiger partial charge in [0.2, 0.25) is 0 Å². The van der Waals surface area contributed by atoms with Gasteiger partial charge >= 0.3 is 0 Å². The van der Waals surface area contributed by atoms with Gasteiger partial charge in [-0.2, -0.15) is 0 Å². The fourth-order valence-electron chi connectivity index (χ4n) is 1.10. The van der Waals surface area contributed by atoms with Crippen LogP contribution in [0.1, 0.15) is 0 Å². The van der Waals surface area contributed by atoms with Crippen molar-refractivity contribution in [3.8, 4) is 0 Å². The molecule has 1 unspecified atom stereocenters. The summed E-state index contributed by atoms with van der Waals surface area (Å²) in [7, 11) is -0.504. The van der Waals surface area contributed by atoms with E-state index in [1.54, 1.807) is 12.2 Å². The molecule has 56 valence electrons. The fourth-order valence-corrected chi connectivity index (χ4v) is 2.27. The Kier molecular flexibility index (Phi) is 1.35. The van der Waals surface area contributed by atoms with Crippen LogP contribution in [0.15, 0.2) is 27.6 Å². The molecule has 0 aliphatic carbocycles. The molecule has 2 aliphatic rings. The van der Waals surface area contributed by atoms with Crippen LogP contribution in [-0.2, 0) is 15.5 Å². The number of hydrogen-bond donors (Lipinski definition) is 1. The number of dihydropyridines is 1. The maximum absolute atomic E-state index is 11.0. The first-order chi connectivity index (χ1) is 5.29. The molecule has 0 spiro atoms. The number of nitrogens with zero attached hydrogens (tertiary/aromatic N) is 1. The Morgan fingerprint density at radius 2 is 2.45 bits per heavy atom. The molecule has 0 fully saturated rings. The molecule has 1 N–H and O–H groups in total. The van der Waals surface area contributed by atoms with E-state index >= 15 is 0 Å². The van der Waals surface area contributed by atoms with E-state index in [2.05, 4.69) is 4.99 Å². The number of amides is 1. The highest BCUT2D eigenvalue weighted by Crippen LogP contribution is 2.24. The first-order valence-electron chi connectivity index (χ1n) is 3.20. The van der Waals surface area contributed by atoms with Crippen LogP contribution in [0.5, 0.6) is 0 Å². The van der Waals surface area contributed by atoms with Gasteiger partial charge in [0.15, 0.2) is 0 Å². The van der Waals surface area contributed by atoms with Crippen LogP contribution < -0.4 is 0 Å². The van der Waals surface area contributed by atoms with E-state index < -0.39 is 10.7 Å². The minimum atomic E-state index is -0.504. The molecule has 3 nitrogen and oxygen atoms in total. The number of hydrogen-bond acceptors (Lipinski definition) is 2. The van der Waals surface area contributed by atoms with Crippen molar-refractivity contribution in [1.29, 1.82) is 4.78 Å². The molecule has 1 atom stereocenters.